The number of amides is 3. The van der Waals surface area contributed by atoms with Crippen molar-refractivity contribution in [2.45, 2.75) is 32.2 Å². The molecule has 1 aliphatic rings. The van der Waals surface area contributed by atoms with Crippen molar-refractivity contribution >= 4 is 23.5 Å². The molecular weight excluding hydrogens is 352 g/mol. The Morgan fingerprint density at radius 1 is 1.44 bits per heavy atom. The highest BCUT2D eigenvalue weighted by molar-refractivity contribution is 5.97. The zero-order chi connectivity index (χ0) is 20.0. The summed E-state index contributed by atoms with van der Waals surface area (Å²) in [5.41, 5.74) is 5.09. The number of carbonyl (C=O) groups is 4. The molecule has 3 amide bonds. The van der Waals surface area contributed by atoms with E-state index in [0.29, 0.717) is 24.1 Å². The summed E-state index contributed by atoms with van der Waals surface area (Å²) >= 11 is 0. The van der Waals surface area contributed by atoms with Crippen LogP contribution in [0.2, 0.25) is 0 Å². The van der Waals surface area contributed by atoms with E-state index in [1.807, 2.05) is 0 Å². The zero-order valence-corrected chi connectivity index (χ0v) is 15.1. The van der Waals surface area contributed by atoms with Gasteiger partial charge >= 0.3 is 5.91 Å². The summed E-state index contributed by atoms with van der Waals surface area (Å²) in [4.78, 5) is 49.2. The molecule has 2 atom stereocenters. The van der Waals surface area contributed by atoms with Crippen LogP contribution < -0.4 is 15.8 Å². The number of hydrogen-bond acceptors (Lipinski definition) is 5. The minimum absolute atomic E-state index is 0.0541. The number of Topliss-reactive ketones (excluding diaryl/α,β-unsaturated/α-hetero) is 1. The largest absolute Gasteiger partial charge is 0.618 e. The molecule has 0 aliphatic carbocycles. The highest BCUT2D eigenvalue weighted by Crippen LogP contribution is 2.12. The molecule has 27 heavy (non-hydrogen) atoms. The highest BCUT2D eigenvalue weighted by Gasteiger charge is 2.31. The van der Waals surface area contributed by atoms with Crippen LogP contribution in [0.4, 0.5) is 0 Å². The number of rotatable bonds is 6. The minimum atomic E-state index is -0.717. The summed E-state index contributed by atoms with van der Waals surface area (Å²) in [5.74, 6) is -2.26. The first-order chi connectivity index (χ1) is 12.8. The Morgan fingerprint density at radius 2 is 2.19 bits per heavy atom. The van der Waals surface area contributed by atoms with Crippen LogP contribution in [0, 0.1) is 17.5 Å². The molecule has 1 saturated heterocycles. The molecule has 1 fully saturated rings. The van der Waals surface area contributed by atoms with Crippen LogP contribution in [0.5, 0.6) is 0 Å². The average molecular weight is 375 g/mol. The molecule has 0 spiro atoms. The van der Waals surface area contributed by atoms with Gasteiger partial charge in [0.05, 0.1) is 19.0 Å². The van der Waals surface area contributed by atoms with Crippen LogP contribution in [0.1, 0.15) is 36.7 Å². The number of pyridine rings is 1. The standard InChI is InChI=1S/C18H23N4O5/c1-12(17(19)25)7-8-16(24)20-13-5-4-9-21(11-15(13)23)18(26)14-6-2-3-10-22(14)27/h2-3,6,8,10,12-13H,4-5,7,9,11H2,1H3,(H2,19,25)(H,20,24)/t12?,13-/m0/s1. The van der Waals surface area contributed by atoms with Crippen molar-refractivity contribution < 1.29 is 23.9 Å². The Morgan fingerprint density at radius 3 is 2.85 bits per heavy atom. The second kappa shape index (κ2) is 9.11. The lowest BCUT2D eigenvalue weighted by molar-refractivity contribution is -0.608. The maximum absolute atomic E-state index is 12.5. The summed E-state index contributed by atoms with van der Waals surface area (Å²) in [5, 5.41) is 14.4. The monoisotopic (exact) mass is 375 g/mol. The van der Waals surface area contributed by atoms with Gasteiger partial charge in [0.1, 0.15) is 0 Å². The smallest absolute Gasteiger partial charge is 0.320 e. The number of primary amides is 1. The van der Waals surface area contributed by atoms with Crippen molar-refractivity contribution in [3.8, 4) is 0 Å². The molecule has 0 saturated carbocycles. The van der Waals surface area contributed by atoms with Crippen molar-refractivity contribution in [3.05, 3.63) is 41.7 Å². The van der Waals surface area contributed by atoms with Crippen LogP contribution in [0.15, 0.2) is 24.4 Å². The Labute approximate surface area is 157 Å². The molecule has 0 aromatic carbocycles. The molecule has 1 aliphatic heterocycles. The number of likely N-dealkylation sites (tertiary alicyclic amines) is 1. The lowest BCUT2D eigenvalue weighted by atomic mass is 10.0. The maximum Gasteiger partial charge on any atom is 0.320 e. The number of nitrogens with one attached hydrogen (secondary N) is 1. The lowest BCUT2D eigenvalue weighted by Gasteiger charge is -2.19. The molecule has 0 bridgehead atoms. The second-order valence-electron chi connectivity index (χ2n) is 6.55. The Kier molecular flexibility index (Phi) is 6.86. The van der Waals surface area contributed by atoms with Crippen molar-refractivity contribution in [1.29, 1.82) is 0 Å². The normalized spacial score (nSPS) is 18.5. The third-order valence-electron chi connectivity index (χ3n) is 4.45. The molecule has 9 heteroatoms. The molecule has 1 aromatic rings. The zero-order valence-electron chi connectivity index (χ0n) is 15.1. The molecule has 2 heterocycles. The fourth-order valence-corrected chi connectivity index (χ4v) is 2.74. The van der Waals surface area contributed by atoms with Crippen LogP contribution >= 0.6 is 0 Å². The third kappa shape index (κ3) is 5.50. The fraction of sp³-hybridized carbons (Fsp3) is 0.444. The predicted octanol–water partition coefficient (Wildman–Crippen LogP) is -0.674. The van der Waals surface area contributed by atoms with E-state index in [-0.39, 0.29) is 24.4 Å². The van der Waals surface area contributed by atoms with Gasteiger partial charge in [-0.3, -0.25) is 19.2 Å². The van der Waals surface area contributed by atoms with E-state index in [9.17, 15) is 24.4 Å². The van der Waals surface area contributed by atoms with Gasteiger partial charge < -0.3 is 21.2 Å². The number of ketones is 1. The quantitative estimate of drug-likeness (QED) is 0.502. The predicted molar refractivity (Wildman–Crippen MR) is 94.8 cm³/mol. The van der Waals surface area contributed by atoms with Gasteiger partial charge in [-0.2, -0.15) is 4.73 Å². The molecule has 2 rings (SSSR count). The number of nitrogens with two attached hydrogens (primary N) is 1. The molecule has 1 unspecified atom stereocenters. The van der Waals surface area contributed by atoms with Crippen LogP contribution in [-0.2, 0) is 14.4 Å². The van der Waals surface area contributed by atoms with E-state index in [0.717, 1.165) is 0 Å². The van der Waals surface area contributed by atoms with Crippen molar-refractivity contribution in [1.82, 2.24) is 10.2 Å². The number of aromatic nitrogens is 1. The maximum atomic E-state index is 12.5. The van der Waals surface area contributed by atoms with Gasteiger partial charge in [-0.05, 0) is 25.3 Å². The van der Waals surface area contributed by atoms with Gasteiger partial charge in [0.2, 0.25) is 11.8 Å². The van der Waals surface area contributed by atoms with Crippen LogP contribution in [0.3, 0.4) is 0 Å². The number of nitrogens with zero attached hydrogens (tertiary/aromatic N) is 2. The average Bonchev–Trinajstić information content (AvgIpc) is 2.81. The molecule has 1 radical (unpaired) electrons. The van der Waals surface area contributed by atoms with Crippen molar-refractivity contribution in [2.24, 2.45) is 11.7 Å². The SMILES string of the molecule is CC(C[CH]C(=O)N[C@H]1CCCN(C(=O)c2cccc[n+]2[O-])CC1=O)C(N)=O. The fourth-order valence-electron chi connectivity index (χ4n) is 2.74. The molecule has 1 aromatic heterocycles. The van der Waals surface area contributed by atoms with Crippen LogP contribution in [0.25, 0.3) is 0 Å². The van der Waals surface area contributed by atoms with Crippen molar-refractivity contribution in [3.63, 3.8) is 0 Å². The number of carbonyl (C=O) groups excluding carboxylic acids is 4. The van der Waals surface area contributed by atoms with E-state index in [1.54, 1.807) is 13.0 Å². The molecule has 3 N–H and O–H groups in total. The first-order valence-electron chi connectivity index (χ1n) is 8.72. The minimum Gasteiger partial charge on any atom is -0.618 e. The van der Waals surface area contributed by atoms with Crippen LogP contribution in [-0.4, -0.2) is 47.5 Å². The summed E-state index contributed by atoms with van der Waals surface area (Å²) in [7, 11) is 0. The molecular formula is C18H23N4O5. The first-order valence-corrected chi connectivity index (χ1v) is 8.72. The summed E-state index contributed by atoms with van der Waals surface area (Å²) < 4.78 is 0.464. The van der Waals surface area contributed by atoms with Gasteiger partial charge in [0.25, 0.3) is 5.69 Å². The Hall–Kier alpha value is -2.97. The highest BCUT2D eigenvalue weighted by atomic mass is 16.5. The van der Waals surface area contributed by atoms with Gasteiger partial charge in [0, 0.05) is 24.6 Å². The first kappa shape index (κ1) is 20.3. The van der Waals surface area contributed by atoms with E-state index >= 15 is 0 Å². The summed E-state index contributed by atoms with van der Waals surface area (Å²) in [6.45, 7) is 1.74. The number of hydrogen-bond donors (Lipinski definition) is 2. The topological polar surface area (TPSA) is 137 Å². The van der Waals surface area contributed by atoms with E-state index < -0.39 is 29.7 Å². The van der Waals surface area contributed by atoms with E-state index in [1.165, 1.54) is 29.7 Å². The van der Waals surface area contributed by atoms with Gasteiger partial charge in [-0.1, -0.05) is 6.92 Å². The summed E-state index contributed by atoms with van der Waals surface area (Å²) in [6, 6.07) is 3.77. The van der Waals surface area contributed by atoms with Gasteiger partial charge in [0.15, 0.2) is 12.0 Å². The second-order valence-corrected chi connectivity index (χ2v) is 6.55. The van der Waals surface area contributed by atoms with E-state index in [4.69, 9.17) is 5.73 Å². The third-order valence-corrected chi connectivity index (χ3v) is 4.45. The Bertz CT molecular complexity index is 736. The molecule has 145 valence electrons. The van der Waals surface area contributed by atoms with Gasteiger partial charge in [-0.25, -0.2) is 0 Å². The summed E-state index contributed by atoms with van der Waals surface area (Å²) in [6.07, 6.45) is 3.59. The Balaban J connectivity index is 1.94. The lowest BCUT2D eigenvalue weighted by Crippen LogP contribution is -2.46. The molecule has 9 nitrogen and oxygen atoms in total. The van der Waals surface area contributed by atoms with Gasteiger partial charge in [-0.15, -0.1) is 0 Å². The van der Waals surface area contributed by atoms with E-state index in [2.05, 4.69) is 5.32 Å². The van der Waals surface area contributed by atoms with Crippen molar-refractivity contribution in [2.75, 3.05) is 13.1 Å².